The number of halogens is 2. The molecule has 2 aromatic carbocycles. The van der Waals surface area contributed by atoms with Crippen molar-refractivity contribution in [3.63, 3.8) is 0 Å². The maximum absolute atomic E-state index is 14.4. The summed E-state index contributed by atoms with van der Waals surface area (Å²) in [7, 11) is -3.76. The molecule has 5 rings (SSSR count). The molecule has 3 aromatic rings. The highest BCUT2D eigenvalue weighted by atomic mass is 32.2. The lowest BCUT2D eigenvalue weighted by Crippen LogP contribution is -2.48. The van der Waals surface area contributed by atoms with Crippen molar-refractivity contribution in [2.45, 2.75) is 43.6 Å². The number of amides is 1. The molecule has 1 amide bonds. The first-order valence-corrected chi connectivity index (χ1v) is 14.2. The smallest absolute Gasteiger partial charge is 0.243 e. The van der Waals surface area contributed by atoms with E-state index in [1.807, 2.05) is 6.92 Å². The lowest BCUT2D eigenvalue weighted by atomic mass is 9.98. The van der Waals surface area contributed by atoms with Gasteiger partial charge >= 0.3 is 0 Å². The first-order chi connectivity index (χ1) is 17.2. The molecule has 7 nitrogen and oxygen atoms in total. The van der Waals surface area contributed by atoms with Crippen molar-refractivity contribution in [3.05, 3.63) is 53.6 Å². The van der Waals surface area contributed by atoms with Gasteiger partial charge in [0.15, 0.2) is 10.9 Å². The maximum atomic E-state index is 14.4. The van der Waals surface area contributed by atoms with Gasteiger partial charge in [-0.25, -0.2) is 22.2 Å². The van der Waals surface area contributed by atoms with Crippen molar-refractivity contribution < 1.29 is 26.7 Å². The number of sulfonamides is 1. The maximum Gasteiger partial charge on any atom is 0.243 e. The minimum Gasteiger partial charge on any atom is -0.376 e. The van der Waals surface area contributed by atoms with Crippen molar-refractivity contribution in [2.75, 3.05) is 31.1 Å². The van der Waals surface area contributed by atoms with E-state index in [0.717, 1.165) is 35.8 Å². The van der Waals surface area contributed by atoms with Gasteiger partial charge in [0.25, 0.3) is 0 Å². The fraction of sp³-hybridized carbons (Fsp3) is 0.440. The summed E-state index contributed by atoms with van der Waals surface area (Å²) in [6.07, 6.45) is 2.51. The standard InChI is InChI=1S/C25H27F2N3O4S2/c1-16-6-8-20(9-7-16)36(32,33)29-10-2-4-17(14-29)24(31)30(15-19-5-3-11-34-19)25-28-23-21(27)12-18(26)13-22(23)35-25/h6-9,12-13,17,19H,2-5,10-11,14-15H2,1H3. The number of rotatable bonds is 6. The summed E-state index contributed by atoms with van der Waals surface area (Å²) in [6.45, 7) is 3.08. The predicted molar refractivity (Wildman–Crippen MR) is 134 cm³/mol. The second-order valence-corrected chi connectivity index (χ2v) is 12.3. The molecule has 2 unspecified atom stereocenters. The van der Waals surface area contributed by atoms with E-state index < -0.39 is 27.6 Å². The highest BCUT2D eigenvalue weighted by molar-refractivity contribution is 7.89. The zero-order valence-corrected chi connectivity index (χ0v) is 21.5. The molecular weight excluding hydrogens is 508 g/mol. The number of anilines is 1. The van der Waals surface area contributed by atoms with Gasteiger partial charge in [0, 0.05) is 25.8 Å². The van der Waals surface area contributed by atoms with Gasteiger partial charge in [-0.05, 0) is 50.8 Å². The van der Waals surface area contributed by atoms with E-state index in [2.05, 4.69) is 4.98 Å². The summed E-state index contributed by atoms with van der Waals surface area (Å²) < 4.78 is 62.1. The van der Waals surface area contributed by atoms with Gasteiger partial charge in [-0.2, -0.15) is 4.31 Å². The van der Waals surface area contributed by atoms with Gasteiger partial charge in [0.2, 0.25) is 15.9 Å². The molecular formula is C25H27F2N3O4S2. The summed E-state index contributed by atoms with van der Waals surface area (Å²) in [5.41, 5.74) is 0.964. The predicted octanol–water partition coefficient (Wildman–Crippen LogP) is 4.50. The normalized spacial score (nSPS) is 21.2. The van der Waals surface area contributed by atoms with E-state index in [9.17, 15) is 22.0 Å². The fourth-order valence-corrected chi connectivity index (χ4v) is 7.30. The Balaban J connectivity index is 1.43. The Bertz CT molecular complexity index is 1370. The van der Waals surface area contributed by atoms with Crippen LogP contribution in [-0.4, -0.2) is 56.0 Å². The number of hydrogen-bond acceptors (Lipinski definition) is 6. The number of nitrogens with zero attached hydrogens (tertiary/aromatic N) is 3. The minimum absolute atomic E-state index is 0.00811. The van der Waals surface area contributed by atoms with Crippen LogP contribution in [0.1, 0.15) is 31.2 Å². The van der Waals surface area contributed by atoms with Gasteiger partial charge in [0.05, 0.1) is 28.2 Å². The summed E-state index contributed by atoms with van der Waals surface area (Å²) in [5, 5.41) is 0.258. The Labute approximate surface area is 212 Å². The molecule has 0 radical (unpaired) electrons. The average Bonchev–Trinajstić information content (AvgIpc) is 3.52. The number of carbonyl (C=O) groups excluding carboxylic acids is 1. The molecule has 2 atom stereocenters. The van der Waals surface area contributed by atoms with Gasteiger partial charge in [-0.3, -0.25) is 9.69 Å². The van der Waals surface area contributed by atoms with Crippen molar-refractivity contribution in [2.24, 2.45) is 5.92 Å². The fourth-order valence-electron chi connectivity index (χ4n) is 4.76. The van der Waals surface area contributed by atoms with Crippen LogP contribution in [0, 0.1) is 24.5 Å². The number of thiazole rings is 1. The topological polar surface area (TPSA) is 79.8 Å². The molecule has 11 heteroatoms. The van der Waals surface area contributed by atoms with Crippen LogP contribution in [0.2, 0.25) is 0 Å². The Hall–Kier alpha value is -2.47. The summed E-state index contributed by atoms with van der Waals surface area (Å²) in [4.78, 5) is 19.8. The molecule has 3 heterocycles. The molecule has 2 aliphatic heterocycles. The van der Waals surface area contributed by atoms with Gasteiger partial charge in [-0.15, -0.1) is 0 Å². The van der Waals surface area contributed by atoms with Crippen LogP contribution >= 0.6 is 11.3 Å². The molecule has 0 aliphatic carbocycles. The average molecular weight is 536 g/mol. The Morgan fingerprint density at radius 3 is 2.69 bits per heavy atom. The molecule has 2 saturated heterocycles. The second kappa shape index (κ2) is 10.1. The molecule has 36 heavy (non-hydrogen) atoms. The highest BCUT2D eigenvalue weighted by Gasteiger charge is 2.37. The van der Waals surface area contributed by atoms with E-state index in [1.165, 1.54) is 15.3 Å². The number of fused-ring (bicyclic) bond motifs is 1. The van der Waals surface area contributed by atoms with Crippen LogP contribution < -0.4 is 4.90 Å². The lowest BCUT2D eigenvalue weighted by molar-refractivity contribution is -0.123. The number of hydrogen-bond donors (Lipinski definition) is 0. The highest BCUT2D eigenvalue weighted by Crippen LogP contribution is 2.34. The van der Waals surface area contributed by atoms with E-state index in [0.29, 0.717) is 30.7 Å². The quantitative estimate of drug-likeness (QED) is 0.465. The van der Waals surface area contributed by atoms with Crippen LogP contribution in [-0.2, 0) is 19.6 Å². The van der Waals surface area contributed by atoms with Gasteiger partial charge in [-0.1, -0.05) is 29.0 Å². The molecule has 0 spiro atoms. The van der Waals surface area contributed by atoms with Crippen molar-refractivity contribution in [1.29, 1.82) is 0 Å². The Kier molecular flexibility index (Phi) is 7.08. The molecule has 2 aliphatic rings. The summed E-state index contributed by atoms with van der Waals surface area (Å²) in [6, 6.07) is 8.62. The van der Waals surface area contributed by atoms with E-state index in [1.54, 1.807) is 24.3 Å². The Morgan fingerprint density at radius 2 is 1.97 bits per heavy atom. The largest absolute Gasteiger partial charge is 0.376 e. The lowest BCUT2D eigenvalue weighted by Gasteiger charge is -2.34. The van der Waals surface area contributed by atoms with Crippen LogP contribution in [0.15, 0.2) is 41.3 Å². The van der Waals surface area contributed by atoms with Crippen molar-refractivity contribution >= 4 is 42.6 Å². The number of aryl methyl sites for hydroxylation is 1. The Morgan fingerprint density at radius 1 is 1.19 bits per heavy atom. The van der Waals surface area contributed by atoms with Crippen LogP contribution in [0.4, 0.5) is 13.9 Å². The zero-order chi connectivity index (χ0) is 25.4. The van der Waals surface area contributed by atoms with Crippen LogP contribution in [0.3, 0.4) is 0 Å². The molecule has 2 fully saturated rings. The van der Waals surface area contributed by atoms with E-state index in [4.69, 9.17) is 4.74 Å². The molecule has 0 bridgehead atoms. The third-order valence-corrected chi connectivity index (χ3v) is 9.61. The monoisotopic (exact) mass is 535 g/mol. The van der Waals surface area contributed by atoms with Gasteiger partial charge in [0.1, 0.15) is 11.3 Å². The summed E-state index contributed by atoms with van der Waals surface area (Å²) in [5.74, 6) is -2.37. The SMILES string of the molecule is Cc1ccc(S(=O)(=O)N2CCCC(C(=O)N(CC3CCCO3)c3nc4c(F)cc(F)cc4s3)C2)cc1. The first-order valence-electron chi connectivity index (χ1n) is 12.0. The van der Waals surface area contributed by atoms with Gasteiger partial charge < -0.3 is 4.74 Å². The van der Waals surface area contributed by atoms with Crippen LogP contribution in [0.25, 0.3) is 10.2 Å². The molecule has 192 valence electrons. The third kappa shape index (κ3) is 5.02. The molecule has 0 N–H and O–H groups in total. The minimum atomic E-state index is -3.76. The van der Waals surface area contributed by atoms with E-state index in [-0.39, 0.29) is 40.6 Å². The molecule has 1 aromatic heterocycles. The number of aromatic nitrogens is 1. The zero-order valence-electron chi connectivity index (χ0n) is 19.8. The molecule has 0 saturated carbocycles. The second-order valence-electron chi connectivity index (χ2n) is 9.33. The first kappa shape index (κ1) is 25.2. The number of carbonyl (C=O) groups is 1. The van der Waals surface area contributed by atoms with E-state index >= 15 is 0 Å². The number of piperidine rings is 1. The number of benzene rings is 2. The summed E-state index contributed by atoms with van der Waals surface area (Å²) >= 11 is 1.04. The van der Waals surface area contributed by atoms with Crippen LogP contribution in [0.5, 0.6) is 0 Å². The number of ether oxygens (including phenoxy) is 1. The van der Waals surface area contributed by atoms with Crippen molar-refractivity contribution in [3.8, 4) is 0 Å². The van der Waals surface area contributed by atoms with Crippen molar-refractivity contribution in [1.82, 2.24) is 9.29 Å². The third-order valence-electron chi connectivity index (χ3n) is 6.70.